The Balaban J connectivity index is 0.00000137. The summed E-state index contributed by atoms with van der Waals surface area (Å²) in [5.41, 5.74) is 7.12. The quantitative estimate of drug-likeness (QED) is 0.427. The van der Waals surface area contributed by atoms with E-state index in [2.05, 4.69) is 41.9 Å². The van der Waals surface area contributed by atoms with E-state index in [0.29, 0.717) is 5.56 Å². The first-order valence-electron chi connectivity index (χ1n) is 11.7. The van der Waals surface area contributed by atoms with E-state index in [0.717, 1.165) is 56.0 Å². The van der Waals surface area contributed by atoms with Crippen LogP contribution in [0.2, 0.25) is 0 Å². The largest absolute Gasteiger partial charge is 0.416 e. The SMILES string of the molecule is C=O.CC.CCc1ccc2c(c1)CCN(C/C(C)=C(\C)N=C(C)c1ccc(C(F)(F)F)cc1)C2. The number of nitrogens with zero attached hydrogens (tertiary/aromatic N) is 2. The number of aryl methyl sites for hydroxylation is 1. The van der Waals surface area contributed by atoms with Gasteiger partial charge in [-0.05, 0) is 73.6 Å². The monoisotopic (exact) mass is 474 g/mol. The first-order chi connectivity index (χ1) is 16.2. The van der Waals surface area contributed by atoms with E-state index in [1.807, 2.05) is 34.5 Å². The van der Waals surface area contributed by atoms with Gasteiger partial charge in [-0.1, -0.05) is 51.1 Å². The summed E-state index contributed by atoms with van der Waals surface area (Å²) in [4.78, 5) is 15.1. The molecular weight excluding hydrogens is 437 g/mol. The topological polar surface area (TPSA) is 32.7 Å². The van der Waals surface area contributed by atoms with Crippen molar-refractivity contribution in [2.75, 3.05) is 13.1 Å². The molecule has 0 unspecified atom stereocenters. The molecule has 0 amide bonds. The third-order valence-electron chi connectivity index (χ3n) is 5.81. The Labute approximate surface area is 202 Å². The molecule has 186 valence electrons. The first kappa shape index (κ1) is 29.3. The molecule has 0 aliphatic carbocycles. The second-order valence-corrected chi connectivity index (χ2v) is 8.06. The highest BCUT2D eigenvalue weighted by Crippen LogP contribution is 2.29. The molecule has 0 radical (unpaired) electrons. The molecule has 6 heteroatoms. The molecule has 3 rings (SSSR count). The van der Waals surface area contributed by atoms with Gasteiger partial charge in [0, 0.05) is 31.0 Å². The molecule has 1 aliphatic heterocycles. The van der Waals surface area contributed by atoms with Crippen LogP contribution < -0.4 is 0 Å². The molecule has 2 aromatic rings. The Hall–Kier alpha value is -2.73. The number of hydrogen-bond donors (Lipinski definition) is 0. The Bertz CT molecular complexity index is 976. The normalized spacial score (nSPS) is 14.7. The van der Waals surface area contributed by atoms with Gasteiger partial charge < -0.3 is 4.79 Å². The van der Waals surface area contributed by atoms with Gasteiger partial charge in [-0.2, -0.15) is 13.2 Å². The first-order valence-corrected chi connectivity index (χ1v) is 11.7. The molecule has 0 aromatic heterocycles. The number of halogens is 3. The van der Waals surface area contributed by atoms with Crippen LogP contribution in [0, 0.1) is 0 Å². The van der Waals surface area contributed by atoms with E-state index in [-0.39, 0.29) is 0 Å². The zero-order chi connectivity index (χ0) is 25.9. The zero-order valence-electron chi connectivity index (χ0n) is 21.2. The van der Waals surface area contributed by atoms with Crippen LogP contribution in [0.25, 0.3) is 0 Å². The molecule has 0 saturated heterocycles. The van der Waals surface area contributed by atoms with Gasteiger partial charge >= 0.3 is 6.18 Å². The van der Waals surface area contributed by atoms with Crippen molar-refractivity contribution in [1.29, 1.82) is 0 Å². The van der Waals surface area contributed by atoms with Crippen LogP contribution in [0.1, 0.15) is 69.4 Å². The lowest BCUT2D eigenvalue weighted by atomic mass is 9.96. The molecule has 0 atom stereocenters. The van der Waals surface area contributed by atoms with Gasteiger partial charge in [-0.25, -0.2) is 0 Å². The van der Waals surface area contributed by atoms with Crippen molar-refractivity contribution in [3.8, 4) is 0 Å². The number of benzene rings is 2. The van der Waals surface area contributed by atoms with Gasteiger partial charge in [0.1, 0.15) is 6.79 Å². The van der Waals surface area contributed by atoms with Crippen LogP contribution in [0.5, 0.6) is 0 Å². The molecule has 0 N–H and O–H groups in total. The van der Waals surface area contributed by atoms with Crippen molar-refractivity contribution in [2.24, 2.45) is 4.99 Å². The number of fused-ring (bicyclic) bond motifs is 1. The van der Waals surface area contributed by atoms with Gasteiger partial charge in [-0.15, -0.1) is 0 Å². The van der Waals surface area contributed by atoms with Crippen LogP contribution >= 0.6 is 0 Å². The summed E-state index contributed by atoms with van der Waals surface area (Å²) in [6, 6.07) is 12.0. The molecule has 1 heterocycles. The summed E-state index contributed by atoms with van der Waals surface area (Å²) in [7, 11) is 0. The van der Waals surface area contributed by atoms with Crippen LogP contribution in [0.3, 0.4) is 0 Å². The molecule has 0 fully saturated rings. The van der Waals surface area contributed by atoms with Crippen molar-refractivity contribution >= 4 is 12.5 Å². The maximum Gasteiger partial charge on any atom is 0.416 e. The third kappa shape index (κ3) is 8.24. The van der Waals surface area contributed by atoms with Crippen LogP contribution in [-0.4, -0.2) is 30.5 Å². The maximum atomic E-state index is 12.7. The van der Waals surface area contributed by atoms with Gasteiger partial charge in [0.15, 0.2) is 0 Å². The summed E-state index contributed by atoms with van der Waals surface area (Å²) in [5, 5.41) is 0. The van der Waals surface area contributed by atoms with Crippen molar-refractivity contribution in [2.45, 2.75) is 67.1 Å². The molecule has 0 spiro atoms. The Morgan fingerprint density at radius 2 is 1.62 bits per heavy atom. The smallest absolute Gasteiger partial charge is 0.307 e. The van der Waals surface area contributed by atoms with E-state index in [1.54, 1.807) is 0 Å². The second-order valence-electron chi connectivity index (χ2n) is 8.06. The average Bonchev–Trinajstić information content (AvgIpc) is 2.85. The summed E-state index contributed by atoms with van der Waals surface area (Å²) < 4.78 is 38.2. The summed E-state index contributed by atoms with van der Waals surface area (Å²) in [5.74, 6) is 0. The number of rotatable bonds is 5. The van der Waals surface area contributed by atoms with Crippen LogP contribution in [-0.2, 0) is 30.4 Å². The lowest BCUT2D eigenvalue weighted by Crippen LogP contribution is -2.32. The number of alkyl halides is 3. The number of carbonyl (C=O) groups is 1. The summed E-state index contributed by atoms with van der Waals surface area (Å²) in [6.07, 6.45) is -2.20. The van der Waals surface area contributed by atoms with Crippen molar-refractivity contribution in [1.82, 2.24) is 4.90 Å². The number of aliphatic imine (C=N–C) groups is 1. The Morgan fingerprint density at radius 1 is 1.00 bits per heavy atom. The van der Waals surface area contributed by atoms with Gasteiger partial charge in [-0.3, -0.25) is 9.89 Å². The highest BCUT2D eigenvalue weighted by molar-refractivity contribution is 5.99. The molecule has 0 saturated carbocycles. The van der Waals surface area contributed by atoms with Crippen molar-refractivity contribution in [3.05, 3.63) is 81.6 Å². The van der Waals surface area contributed by atoms with Crippen LogP contribution in [0.15, 0.2) is 58.7 Å². The number of allylic oxidation sites excluding steroid dienone is 1. The third-order valence-corrected chi connectivity index (χ3v) is 5.81. The fourth-order valence-corrected chi connectivity index (χ4v) is 3.78. The van der Waals surface area contributed by atoms with E-state index >= 15 is 0 Å². The minimum absolute atomic E-state index is 0.640. The van der Waals surface area contributed by atoms with E-state index in [4.69, 9.17) is 4.79 Å². The molecule has 3 nitrogen and oxygen atoms in total. The molecule has 0 bridgehead atoms. The van der Waals surface area contributed by atoms with E-state index in [9.17, 15) is 13.2 Å². The average molecular weight is 475 g/mol. The maximum absolute atomic E-state index is 12.7. The van der Waals surface area contributed by atoms with Gasteiger partial charge in [0.25, 0.3) is 0 Å². The van der Waals surface area contributed by atoms with E-state index < -0.39 is 11.7 Å². The lowest BCUT2D eigenvalue weighted by Gasteiger charge is -2.29. The van der Waals surface area contributed by atoms with Gasteiger partial charge in [0.2, 0.25) is 0 Å². The standard InChI is InChI=1S/C25H29F3N2.C2H6.CH2O/c1-5-20-6-7-23-16-30(13-12-22(23)14-20)15-17(2)18(3)29-19(4)21-8-10-24(11-9-21)25(26,27)28;2*1-2/h6-11,14H,5,12-13,15-16H2,1-4H3;1-2H3;1H2/b18-17+,29-19?;;. The lowest BCUT2D eigenvalue weighted by molar-refractivity contribution is -0.137. The fraction of sp³-hybridized carbons (Fsp3) is 0.429. The summed E-state index contributed by atoms with van der Waals surface area (Å²) in [6.45, 7) is 16.9. The highest BCUT2D eigenvalue weighted by atomic mass is 19.4. The van der Waals surface area contributed by atoms with Crippen molar-refractivity contribution in [3.63, 3.8) is 0 Å². The number of carbonyl (C=O) groups excluding carboxylic acids is 1. The number of hydrogen-bond acceptors (Lipinski definition) is 3. The molecule has 1 aliphatic rings. The van der Waals surface area contributed by atoms with E-state index in [1.165, 1.54) is 34.4 Å². The zero-order valence-corrected chi connectivity index (χ0v) is 21.2. The molecule has 2 aromatic carbocycles. The predicted octanol–water partition coefficient (Wildman–Crippen LogP) is 7.27. The van der Waals surface area contributed by atoms with Gasteiger partial charge in [0.05, 0.1) is 5.56 Å². The minimum Gasteiger partial charge on any atom is -0.307 e. The van der Waals surface area contributed by atoms with Crippen LogP contribution in [0.4, 0.5) is 13.2 Å². The second kappa shape index (κ2) is 13.9. The van der Waals surface area contributed by atoms with Crippen molar-refractivity contribution < 1.29 is 18.0 Å². The fourth-order valence-electron chi connectivity index (χ4n) is 3.78. The summed E-state index contributed by atoms with van der Waals surface area (Å²) >= 11 is 0. The highest BCUT2D eigenvalue weighted by Gasteiger charge is 2.30. The Kier molecular flexibility index (Phi) is 11.9. The molecule has 34 heavy (non-hydrogen) atoms. The Morgan fingerprint density at radius 3 is 2.18 bits per heavy atom. The molecular formula is C28H37F3N2O. The minimum atomic E-state index is -4.32. The predicted molar refractivity (Wildman–Crippen MR) is 135 cm³/mol.